The van der Waals surface area contributed by atoms with Gasteiger partial charge in [-0.25, -0.2) is 4.98 Å². The highest BCUT2D eigenvalue weighted by atomic mass is 32.2. The van der Waals surface area contributed by atoms with Crippen LogP contribution in [0.3, 0.4) is 0 Å². The number of hydrogen-bond donors (Lipinski definition) is 2. The van der Waals surface area contributed by atoms with Crippen LogP contribution in [0.25, 0.3) is 0 Å². The van der Waals surface area contributed by atoms with Gasteiger partial charge in [0.1, 0.15) is 12.2 Å². The molecule has 1 fully saturated rings. The fourth-order valence-corrected chi connectivity index (χ4v) is 3.19. The summed E-state index contributed by atoms with van der Waals surface area (Å²) < 4.78 is -0.202. The van der Waals surface area contributed by atoms with Crippen LogP contribution < -0.4 is 5.32 Å². The zero-order valence-corrected chi connectivity index (χ0v) is 10.8. The molecule has 1 aromatic rings. The summed E-state index contributed by atoms with van der Waals surface area (Å²) in [5, 5.41) is 9.60. The first-order valence-electron chi connectivity index (χ1n) is 5.97. The molecule has 0 bridgehead atoms. The van der Waals surface area contributed by atoms with Gasteiger partial charge in [0.25, 0.3) is 0 Å². The maximum Gasteiger partial charge on any atom is 0.235 e. The number of aromatic amines is 1. The number of aromatic nitrogens is 3. The number of amides is 1. The topological polar surface area (TPSA) is 70.7 Å². The van der Waals surface area contributed by atoms with Crippen LogP contribution >= 0.6 is 11.8 Å². The molecular weight excluding hydrogens is 236 g/mol. The molecule has 1 amide bonds. The second kappa shape index (κ2) is 5.53. The Morgan fingerprint density at radius 2 is 2.59 bits per heavy atom. The van der Waals surface area contributed by atoms with Gasteiger partial charge in [0, 0.05) is 13.0 Å². The molecule has 1 unspecified atom stereocenters. The summed E-state index contributed by atoms with van der Waals surface area (Å²) in [6.07, 6.45) is 5.36. The van der Waals surface area contributed by atoms with E-state index in [-0.39, 0.29) is 10.7 Å². The van der Waals surface area contributed by atoms with E-state index in [1.165, 1.54) is 6.33 Å². The molecule has 1 saturated heterocycles. The van der Waals surface area contributed by atoms with Gasteiger partial charge < -0.3 is 5.32 Å². The molecule has 1 aliphatic rings. The second-order valence-electron chi connectivity index (χ2n) is 4.47. The lowest BCUT2D eigenvalue weighted by Gasteiger charge is -2.21. The van der Waals surface area contributed by atoms with Crippen LogP contribution in [0.4, 0.5) is 0 Å². The van der Waals surface area contributed by atoms with Crippen molar-refractivity contribution in [2.75, 3.05) is 12.3 Å². The molecule has 2 heterocycles. The van der Waals surface area contributed by atoms with Crippen molar-refractivity contribution in [2.45, 2.75) is 37.4 Å². The largest absolute Gasteiger partial charge is 0.355 e. The lowest BCUT2D eigenvalue weighted by atomic mass is 10.0. The van der Waals surface area contributed by atoms with Crippen molar-refractivity contribution in [1.82, 2.24) is 20.5 Å². The first-order valence-corrected chi connectivity index (χ1v) is 6.96. The maximum atomic E-state index is 12.0. The summed E-state index contributed by atoms with van der Waals surface area (Å²) in [5.74, 6) is 2.15. The molecule has 6 heteroatoms. The van der Waals surface area contributed by atoms with E-state index in [9.17, 15) is 4.79 Å². The van der Waals surface area contributed by atoms with Crippen LogP contribution in [0, 0.1) is 0 Å². The molecule has 0 aliphatic carbocycles. The normalized spacial score (nSPS) is 23.8. The Labute approximate surface area is 105 Å². The lowest BCUT2D eigenvalue weighted by molar-refractivity contribution is -0.123. The standard InChI is InChI=1S/C11H18N4OS/c1-11(5-3-7-17-11)10(16)12-6-2-4-9-13-8-14-15-9/h8H,2-7H2,1H3,(H,12,16)(H,13,14,15). The summed E-state index contributed by atoms with van der Waals surface area (Å²) >= 11 is 1.77. The van der Waals surface area contributed by atoms with Gasteiger partial charge in [-0.1, -0.05) is 0 Å². The van der Waals surface area contributed by atoms with E-state index in [0.717, 1.165) is 37.3 Å². The van der Waals surface area contributed by atoms with E-state index in [1.807, 2.05) is 6.92 Å². The van der Waals surface area contributed by atoms with Crippen LogP contribution in [0.15, 0.2) is 6.33 Å². The third-order valence-corrected chi connectivity index (χ3v) is 4.56. The highest BCUT2D eigenvalue weighted by Gasteiger charge is 2.36. The first kappa shape index (κ1) is 12.4. The molecule has 0 saturated carbocycles. The van der Waals surface area contributed by atoms with Gasteiger partial charge in [-0.15, -0.1) is 11.8 Å². The maximum absolute atomic E-state index is 12.0. The average molecular weight is 254 g/mol. The number of rotatable bonds is 5. The predicted octanol–water partition coefficient (Wildman–Crippen LogP) is 1.14. The number of nitrogens with zero attached hydrogens (tertiary/aromatic N) is 2. The molecule has 2 N–H and O–H groups in total. The van der Waals surface area contributed by atoms with Crippen LogP contribution in [0.1, 0.15) is 32.0 Å². The monoisotopic (exact) mass is 254 g/mol. The molecule has 2 rings (SSSR count). The zero-order chi connectivity index (χ0) is 12.1. The summed E-state index contributed by atoms with van der Waals surface area (Å²) in [4.78, 5) is 16.0. The fraction of sp³-hybridized carbons (Fsp3) is 0.727. The number of thioether (sulfide) groups is 1. The molecule has 0 spiro atoms. The smallest absolute Gasteiger partial charge is 0.235 e. The summed E-state index contributed by atoms with van der Waals surface area (Å²) in [7, 11) is 0. The average Bonchev–Trinajstić information content (AvgIpc) is 2.96. The van der Waals surface area contributed by atoms with Crippen molar-refractivity contribution in [3.63, 3.8) is 0 Å². The number of H-pyrrole nitrogens is 1. The Balaban J connectivity index is 1.66. The Hall–Kier alpha value is -1.04. The number of hydrogen-bond acceptors (Lipinski definition) is 4. The Morgan fingerprint density at radius 3 is 3.24 bits per heavy atom. The minimum atomic E-state index is -0.202. The molecule has 94 valence electrons. The van der Waals surface area contributed by atoms with Crippen molar-refractivity contribution in [3.05, 3.63) is 12.2 Å². The van der Waals surface area contributed by atoms with Gasteiger partial charge in [-0.2, -0.15) is 5.10 Å². The molecule has 1 aliphatic heterocycles. The SMILES string of the molecule is CC1(C(=O)NCCCc2ncn[nH]2)CCCS1. The first-order chi connectivity index (χ1) is 8.21. The van der Waals surface area contributed by atoms with Crippen molar-refractivity contribution < 1.29 is 4.79 Å². The number of aryl methyl sites for hydroxylation is 1. The zero-order valence-electron chi connectivity index (χ0n) is 10.0. The summed E-state index contributed by atoms with van der Waals surface area (Å²) in [6, 6.07) is 0. The summed E-state index contributed by atoms with van der Waals surface area (Å²) in [5.41, 5.74) is 0. The lowest BCUT2D eigenvalue weighted by Crippen LogP contribution is -2.40. The molecular formula is C11H18N4OS. The van der Waals surface area contributed by atoms with E-state index < -0.39 is 0 Å². The highest BCUT2D eigenvalue weighted by Crippen LogP contribution is 2.37. The fourth-order valence-electron chi connectivity index (χ4n) is 1.95. The number of nitrogens with one attached hydrogen (secondary N) is 2. The minimum absolute atomic E-state index is 0.178. The summed E-state index contributed by atoms with van der Waals surface area (Å²) in [6.45, 7) is 2.74. The van der Waals surface area contributed by atoms with Gasteiger partial charge in [0.15, 0.2) is 0 Å². The van der Waals surface area contributed by atoms with E-state index in [0.29, 0.717) is 6.54 Å². The molecule has 17 heavy (non-hydrogen) atoms. The Morgan fingerprint density at radius 1 is 1.71 bits per heavy atom. The number of carbonyl (C=O) groups is 1. The van der Waals surface area contributed by atoms with Crippen LogP contribution in [0.2, 0.25) is 0 Å². The molecule has 0 aromatic carbocycles. The second-order valence-corrected chi connectivity index (χ2v) is 6.07. The van der Waals surface area contributed by atoms with E-state index in [1.54, 1.807) is 11.8 Å². The van der Waals surface area contributed by atoms with Crippen molar-refractivity contribution in [2.24, 2.45) is 0 Å². The van der Waals surface area contributed by atoms with Crippen molar-refractivity contribution in [3.8, 4) is 0 Å². The van der Waals surface area contributed by atoms with Gasteiger partial charge in [0.2, 0.25) is 5.91 Å². The van der Waals surface area contributed by atoms with E-state index in [2.05, 4.69) is 20.5 Å². The van der Waals surface area contributed by atoms with Crippen LogP contribution in [0.5, 0.6) is 0 Å². The minimum Gasteiger partial charge on any atom is -0.355 e. The number of carbonyl (C=O) groups excluding carboxylic acids is 1. The molecule has 1 aromatic heterocycles. The van der Waals surface area contributed by atoms with Crippen molar-refractivity contribution >= 4 is 17.7 Å². The molecule has 0 radical (unpaired) electrons. The van der Waals surface area contributed by atoms with E-state index in [4.69, 9.17) is 0 Å². The Bertz CT molecular complexity index is 360. The molecule has 5 nitrogen and oxygen atoms in total. The quantitative estimate of drug-likeness (QED) is 0.773. The van der Waals surface area contributed by atoms with Gasteiger partial charge in [-0.05, 0) is 31.9 Å². The van der Waals surface area contributed by atoms with Crippen LogP contribution in [-0.2, 0) is 11.2 Å². The van der Waals surface area contributed by atoms with Crippen molar-refractivity contribution in [1.29, 1.82) is 0 Å². The third-order valence-electron chi connectivity index (χ3n) is 3.04. The third kappa shape index (κ3) is 3.21. The highest BCUT2D eigenvalue weighted by molar-refractivity contribution is 8.01. The molecule has 1 atom stereocenters. The van der Waals surface area contributed by atoms with Gasteiger partial charge in [0.05, 0.1) is 4.75 Å². The Kier molecular flexibility index (Phi) is 4.04. The van der Waals surface area contributed by atoms with E-state index >= 15 is 0 Å². The van der Waals surface area contributed by atoms with Crippen LogP contribution in [-0.4, -0.2) is 38.1 Å². The van der Waals surface area contributed by atoms with Gasteiger partial charge >= 0.3 is 0 Å². The van der Waals surface area contributed by atoms with Gasteiger partial charge in [-0.3, -0.25) is 9.89 Å². The predicted molar refractivity (Wildman–Crippen MR) is 67.8 cm³/mol.